The molecule has 0 aromatic heterocycles. The van der Waals surface area contributed by atoms with Crippen molar-refractivity contribution in [2.24, 2.45) is 5.92 Å². The fourth-order valence-electron chi connectivity index (χ4n) is 3.29. The molecule has 37 heavy (non-hydrogen) atoms. The number of carbonyl (C=O) groups is 6. The van der Waals surface area contributed by atoms with Crippen LogP contribution in [0.4, 0.5) is 0 Å². The first-order valence-corrected chi connectivity index (χ1v) is 12.0. The zero-order valence-electron chi connectivity index (χ0n) is 21.0. The van der Waals surface area contributed by atoms with Gasteiger partial charge in [0.25, 0.3) is 0 Å². The zero-order valence-corrected chi connectivity index (χ0v) is 21.8. The minimum atomic E-state index is -1.36. The molecule has 4 amide bonds. The second kappa shape index (κ2) is 14.8. The van der Waals surface area contributed by atoms with Crippen LogP contribution < -0.4 is 21.3 Å². The average Bonchev–Trinajstić information content (AvgIpc) is 2.81. The topological polar surface area (TPSA) is 191 Å². The summed E-state index contributed by atoms with van der Waals surface area (Å²) in [7, 11) is 0. The number of rotatable bonds is 14. The molecule has 0 aliphatic rings. The number of hydrogen-bond donors (Lipinski definition) is 6. The van der Waals surface area contributed by atoms with Gasteiger partial charge in [0.05, 0.1) is 18.3 Å². The fraction of sp³-hybridized carbons (Fsp3) is 0.500. The van der Waals surface area contributed by atoms with Crippen molar-refractivity contribution in [3.05, 3.63) is 29.8 Å². The number of carbonyl (C=O) groups excluding carboxylic acids is 5. The number of carboxylic acids is 1. The van der Waals surface area contributed by atoms with Crippen LogP contribution in [0.2, 0.25) is 0 Å². The van der Waals surface area contributed by atoms with Crippen LogP contribution in [-0.4, -0.2) is 75.6 Å². The van der Waals surface area contributed by atoms with Crippen molar-refractivity contribution in [1.82, 2.24) is 21.3 Å². The summed E-state index contributed by atoms with van der Waals surface area (Å²) >= 11 is 5.48. The van der Waals surface area contributed by atoms with Crippen molar-refractivity contribution in [3.8, 4) is 5.75 Å². The summed E-state index contributed by atoms with van der Waals surface area (Å²) in [6.45, 7) is 5.92. The van der Waals surface area contributed by atoms with Crippen LogP contribution >= 0.6 is 11.6 Å². The van der Waals surface area contributed by atoms with Gasteiger partial charge in [-0.2, -0.15) is 0 Å². The quantitative estimate of drug-likeness (QED) is 0.175. The molecule has 1 unspecified atom stereocenters. The maximum atomic E-state index is 13.0. The lowest BCUT2D eigenvalue weighted by atomic mass is 10.0. The number of amides is 4. The number of benzene rings is 1. The number of aromatic hydroxyl groups is 1. The van der Waals surface area contributed by atoms with E-state index in [9.17, 15) is 33.9 Å². The number of ketones is 1. The molecule has 4 atom stereocenters. The van der Waals surface area contributed by atoms with E-state index in [1.807, 2.05) is 0 Å². The van der Waals surface area contributed by atoms with Gasteiger partial charge in [-0.3, -0.25) is 28.8 Å². The SMILES string of the molecule is CC(=O)N[C@@H](Cc1ccc(O)cc1)C(=O)N[C@H](C(=O)N[C@@H](C)C(=O)NC(CC(=O)O)C(=O)CCl)C(C)C. The Hall–Kier alpha value is -3.67. The van der Waals surface area contributed by atoms with Gasteiger partial charge in [0.1, 0.15) is 23.9 Å². The first-order valence-electron chi connectivity index (χ1n) is 11.5. The van der Waals surface area contributed by atoms with Crippen LogP contribution in [0.15, 0.2) is 24.3 Å². The minimum Gasteiger partial charge on any atom is -0.508 e. The van der Waals surface area contributed by atoms with Gasteiger partial charge in [-0.1, -0.05) is 26.0 Å². The Morgan fingerprint density at radius 1 is 0.838 bits per heavy atom. The third-order valence-electron chi connectivity index (χ3n) is 5.28. The highest BCUT2D eigenvalue weighted by Crippen LogP contribution is 2.12. The molecule has 0 spiro atoms. The van der Waals surface area contributed by atoms with Gasteiger partial charge in [-0.15, -0.1) is 11.6 Å². The predicted molar refractivity (Wildman–Crippen MR) is 134 cm³/mol. The highest BCUT2D eigenvalue weighted by atomic mass is 35.5. The molecule has 12 nitrogen and oxygen atoms in total. The summed E-state index contributed by atoms with van der Waals surface area (Å²) in [6, 6.07) is 1.43. The fourth-order valence-corrected chi connectivity index (χ4v) is 3.48. The summed E-state index contributed by atoms with van der Waals surface area (Å²) in [4.78, 5) is 72.9. The van der Waals surface area contributed by atoms with E-state index >= 15 is 0 Å². The Bertz CT molecular complexity index is 999. The summed E-state index contributed by atoms with van der Waals surface area (Å²) in [5.41, 5.74) is 0.657. The molecule has 0 radical (unpaired) electrons. The van der Waals surface area contributed by atoms with Gasteiger partial charge in [0.15, 0.2) is 5.78 Å². The third-order valence-corrected chi connectivity index (χ3v) is 5.55. The number of Topliss-reactive ketones (excluding diaryl/α,β-unsaturated/α-hetero) is 1. The van der Waals surface area contributed by atoms with Crippen molar-refractivity contribution in [3.63, 3.8) is 0 Å². The molecule has 1 aromatic rings. The van der Waals surface area contributed by atoms with Gasteiger partial charge in [0, 0.05) is 13.3 Å². The molecule has 1 rings (SSSR count). The highest BCUT2D eigenvalue weighted by Gasteiger charge is 2.31. The molecule has 0 fully saturated rings. The van der Waals surface area contributed by atoms with E-state index in [0.29, 0.717) is 5.56 Å². The molecular formula is C24H33ClN4O8. The average molecular weight is 541 g/mol. The maximum absolute atomic E-state index is 13.0. The third kappa shape index (κ3) is 10.9. The molecule has 6 N–H and O–H groups in total. The standard InChI is InChI=1S/C24H33ClN4O8/c1-12(2)21(24(37)26-13(3)22(35)28-17(10-20(33)34)19(32)11-25)29-23(36)18(27-14(4)30)9-15-5-7-16(31)8-6-15/h5-8,12-13,17-18,21,31H,9-11H2,1-4H3,(H,26,37)(H,27,30)(H,28,35)(H,29,36)(H,33,34)/t13-,17?,18-,21-/m0/s1. The van der Waals surface area contributed by atoms with Gasteiger partial charge in [-0.25, -0.2) is 0 Å². The number of nitrogens with one attached hydrogen (secondary N) is 4. The van der Waals surface area contributed by atoms with Crippen molar-refractivity contribution in [2.45, 2.75) is 64.7 Å². The summed E-state index contributed by atoms with van der Waals surface area (Å²) in [5, 5.41) is 28.2. The van der Waals surface area contributed by atoms with Crippen LogP contribution in [-0.2, 0) is 35.2 Å². The van der Waals surface area contributed by atoms with Crippen LogP contribution in [0.3, 0.4) is 0 Å². The molecule has 0 bridgehead atoms. The Balaban J connectivity index is 2.92. The van der Waals surface area contributed by atoms with Gasteiger partial charge in [0.2, 0.25) is 23.6 Å². The number of phenolic OH excluding ortho intramolecular Hbond substituents is 1. The summed E-state index contributed by atoms with van der Waals surface area (Å²) < 4.78 is 0. The number of carboxylic acid groups (broad SMARTS) is 1. The number of phenols is 1. The number of halogens is 1. The maximum Gasteiger partial charge on any atom is 0.305 e. The normalized spacial score (nSPS) is 14.0. The molecule has 0 aliphatic heterocycles. The van der Waals surface area contributed by atoms with E-state index in [-0.39, 0.29) is 12.2 Å². The Labute approximate surface area is 219 Å². The van der Waals surface area contributed by atoms with Crippen LogP contribution in [0.25, 0.3) is 0 Å². The second-order valence-electron chi connectivity index (χ2n) is 8.84. The molecular weight excluding hydrogens is 508 g/mol. The lowest BCUT2D eigenvalue weighted by Crippen LogP contribution is -2.58. The lowest BCUT2D eigenvalue weighted by molar-refractivity contribution is -0.140. The first-order chi connectivity index (χ1) is 17.2. The van der Waals surface area contributed by atoms with E-state index in [2.05, 4.69) is 21.3 Å². The summed E-state index contributed by atoms with van der Waals surface area (Å²) in [6.07, 6.45) is -0.579. The van der Waals surface area contributed by atoms with Crippen LogP contribution in [0, 0.1) is 5.92 Å². The largest absolute Gasteiger partial charge is 0.508 e. The molecule has 1 aromatic carbocycles. The monoisotopic (exact) mass is 540 g/mol. The molecule has 0 aliphatic carbocycles. The number of aliphatic carboxylic acids is 1. The second-order valence-corrected chi connectivity index (χ2v) is 9.11. The van der Waals surface area contributed by atoms with Gasteiger partial charge >= 0.3 is 5.97 Å². The van der Waals surface area contributed by atoms with Crippen LogP contribution in [0.1, 0.15) is 39.7 Å². The number of hydrogen-bond acceptors (Lipinski definition) is 7. The Kier molecular flexibility index (Phi) is 12.5. The van der Waals surface area contributed by atoms with Crippen molar-refractivity contribution < 1.29 is 39.0 Å². The van der Waals surface area contributed by atoms with Crippen molar-refractivity contribution >= 4 is 47.0 Å². The van der Waals surface area contributed by atoms with Gasteiger partial charge in [-0.05, 0) is 30.5 Å². The first kappa shape index (κ1) is 31.4. The molecule has 0 heterocycles. The molecule has 0 saturated carbocycles. The molecule has 13 heteroatoms. The van der Waals surface area contributed by atoms with Crippen molar-refractivity contribution in [2.75, 3.05) is 5.88 Å². The molecule has 204 valence electrons. The Morgan fingerprint density at radius 3 is 1.92 bits per heavy atom. The Morgan fingerprint density at radius 2 is 1.43 bits per heavy atom. The van der Waals surface area contributed by atoms with E-state index < -0.39 is 77.8 Å². The summed E-state index contributed by atoms with van der Waals surface area (Å²) in [5.74, 6) is -5.49. The predicted octanol–water partition coefficient (Wildman–Crippen LogP) is -0.148. The van der Waals surface area contributed by atoms with E-state index in [0.717, 1.165) is 0 Å². The molecule has 0 saturated heterocycles. The smallest absolute Gasteiger partial charge is 0.305 e. The van der Waals surface area contributed by atoms with E-state index in [4.69, 9.17) is 16.7 Å². The minimum absolute atomic E-state index is 0.0419. The lowest BCUT2D eigenvalue weighted by Gasteiger charge is -2.27. The zero-order chi connectivity index (χ0) is 28.3. The van der Waals surface area contributed by atoms with E-state index in [1.54, 1.807) is 26.0 Å². The van der Waals surface area contributed by atoms with Crippen LogP contribution in [0.5, 0.6) is 5.75 Å². The number of alkyl halides is 1. The van der Waals surface area contributed by atoms with Gasteiger partial charge < -0.3 is 31.5 Å². The van der Waals surface area contributed by atoms with Crippen molar-refractivity contribution in [1.29, 1.82) is 0 Å². The highest BCUT2D eigenvalue weighted by molar-refractivity contribution is 6.28. The van der Waals surface area contributed by atoms with E-state index in [1.165, 1.54) is 26.0 Å².